The lowest BCUT2D eigenvalue weighted by Crippen LogP contribution is -2.15. The second-order valence-corrected chi connectivity index (χ2v) is 5.77. The van der Waals surface area contributed by atoms with Gasteiger partial charge in [0.1, 0.15) is 0 Å². The summed E-state index contributed by atoms with van der Waals surface area (Å²) in [5.41, 5.74) is 9.09. The summed E-state index contributed by atoms with van der Waals surface area (Å²) in [5.74, 6) is 0.0332. The molecule has 0 bridgehead atoms. The van der Waals surface area contributed by atoms with Crippen molar-refractivity contribution < 1.29 is 4.79 Å². The van der Waals surface area contributed by atoms with Crippen LogP contribution in [0.3, 0.4) is 0 Å². The number of benzene rings is 2. The molecule has 0 radical (unpaired) electrons. The van der Waals surface area contributed by atoms with Crippen LogP contribution in [0.15, 0.2) is 48.5 Å². The van der Waals surface area contributed by atoms with Crippen LogP contribution in [0.5, 0.6) is 0 Å². The van der Waals surface area contributed by atoms with Crippen LogP contribution in [0.25, 0.3) is 0 Å². The van der Waals surface area contributed by atoms with Gasteiger partial charge in [-0.2, -0.15) is 0 Å². The predicted octanol–water partition coefficient (Wildman–Crippen LogP) is 4.19. The van der Waals surface area contributed by atoms with Crippen LogP contribution in [0.4, 0.5) is 5.69 Å². The number of hydrogen-bond acceptors (Lipinski definition) is 2. The van der Waals surface area contributed by atoms with Gasteiger partial charge in [-0.3, -0.25) is 4.79 Å². The highest BCUT2D eigenvalue weighted by molar-refractivity contribution is 6.09. The zero-order chi connectivity index (χ0) is 14.8. The average Bonchev–Trinajstić information content (AvgIpc) is 2.47. The highest BCUT2D eigenvalue weighted by Gasteiger charge is 2.18. The van der Waals surface area contributed by atoms with Crippen molar-refractivity contribution >= 4 is 11.5 Å². The van der Waals surface area contributed by atoms with Gasteiger partial charge in [0.05, 0.1) is 0 Å². The molecule has 0 aromatic heterocycles. The van der Waals surface area contributed by atoms with Crippen LogP contribution in [-0.4, -0.2) is 5.78 Å². The van der Waals surface area contributed by atoms with Crippen molar-refractivity contribution in [2.75, 3.05) is 5.73 Å². The maximum Gasteiger partial charge on any atom is 0.193 e. The second-order valence-electron chi connectivity index (χ2n) is 5.77. The first-order valence-corrected chi connectivity index (χ1v) is 6.95. The third-order valence-electron chi connectivity index (χ3n) is 3.99. The van der Waals surface area contributed by atoms with Crippen molar-refractivity contribution in [1.29, 1.82) is 0 Å². The lowest BCUT2D eigenvalue weighted by Gasteiger charge is -2.23. The summed E-state index contributed by atoms with van der Waals surface area (Å²) in [6.07, 6.45) is 1.07. The number of nitrogens with two attached hydrogens (primary N) is 1. The third kappa shape index (κ3) is 2.90. The van der Waals surface area contributed by atoms with Crippen molar-refractivity contribution in [3.05, 3.63) is 65.2 Å². The third-order valence-corrected chi connectivity index (χ3v) is 3.99. The second kappa shape index (κ2) is 5.49. The molecule has 2 rings (SSSR count). The summed E-state index contributed by atoms with van der Waals surface area (Å²) in [4.78, 5) is 12.3. The van der Waals surface area contributed by atoms with Crippen LogP contribution in [0, 0.1) is 0 Å². The highest BCUT2D eigenvalue weighted by Crippen LogP contribution is 2.27. The molecule has 2 nitrogen and oxygen atoms in total. The molecule has 0 heterocycles. The number of carbonyl (C=O) groups is 1. The number of ketones is 1. The number of carbonyl (C=O) groups excluding carboxylic acids is 1. The van der Waals surface area contributed by atoms with E-state index in [1.807, 2.05) is 24.3 Å². The van der Waals surface area contributed by atoms with Gasteiger partial charge in [-0.25, -0.2) is 0 Å². The molecule has 0 aliphatic carbocycles. The summed E-state index contributed by atoms with van der Waals surface area (Å²) >= 11 is 0. The first-order chi connectivity index (χ1) is 9.44. The summed E-state index contributed by atoms with van der Waals surface area (Å²) in [6.45, 7) is 6.60. The molecule has 0 saturated heterocycles. The minimum atomic E-state index is 0.0332. The lowest BCUT2D eigenvalue weighted by molar-refractivity contribution is 0.103. The van der Waals surface area contributed by atoms with Gasteiger partial charge < -0.3 is 5.73 Å². The minimum absolute atomic E-state index is 0.0332. The van der Waals surface area contributed by atoms with Crippen molar-refractivity contribution in [3.8, 4) is 0 Å². The van der Waals surface area contributed by atoms with Gasteiger partial charge >= 0.3 is 0 Å². The fraction of sp³-hybridized carbons (Fsp3) is 0.278. The van der Waals surface area contributed by atoms with E-state index in [2.05, 4.69) is 20.8 Å². The van der Waals surface area contributed by atoms with Crippen LogP contribution in [0.2, 0.25) is 0 Å². The normalized spacial score (nSPS) is 11.3. The molecule has 104 valence electrons. The maximum atomic E-state index is 12.3. The number of nitrogen functional groups attached to an aromatic ring is 1. The van der Waals surface area contributed by atoms with Crippen LogP contribution in [0.1, 0.15) is 48.7 Å². The Morgan fingerprint density at radius 2 is 1.40 bits per heavy atom. The number of rotatable bonds is 4. The Balaban J connectivity index is 2.26. The molecule has 0 saturated carbocycles. The Morgan fingerprint density at radius 3 is 1.85 bits per heavy atom. The summed E-state index contributed by atoms with van der Waals surface area (Å²) in [6, 6.07) is 15.0. The van der Waals surface area contributed by atoms with Gasteiger partial charge in [0.15, 0.2) is 5.78 Å². The molecule has 0 unspecified atom stereocenters. The largest absolute Gasteiger partial charge is 0.399 e. The predicted molar refractivity (Wildman–Crippen MR) is 84.0 cm³/mol. The Bertz CT molecular complexity index is 594. The van der Waals surface area contributed by atoms with E-state index >= 15 is 0 Å². The van der Waals surface area contributed by atoms with E-state index in [1.54, 1.807) is 24.3 Å². The van der Waals surface area contributed by atoms with Gasteiger partial charge in [0, 0.05) is 16.8 Å². The van der Waals surface area contributed by atoms with Crippen molar-refractivity contribution in [2.45, 2.75) is 32.6 Å². The summed E-state index contributed by atoms with van der Waals surface area (Å²) < 4.78 is 0. The Kier molecular flexibility index (Phi) is 3.93. The molecular formula is C18H21NO. The Labute approximate surface area is 120 Å². The Morgan fingerprint density at radius 1 is 0.950 bits per heavy atom. The number of hydrogen-bond donors (Lipinski definition) is 1. The van der Waals surface area contributed by atoms with E-state index in [0.29, 0.717) is 16.8 Å². The van der Waals surface area contributed by atoms with Gasteiger partial charge in [-0.15, -0.1) is 0 Å². The first-order valence-electron chi connectivity index (χ1n) is 6.95. The lowest BCUT2D eigenvalue weighted by atomic mass is 9.82. The number of anilines is 1. The monoisotopic (exact) mass is 267 g/mol. The van der Waals surface area contributed by atoms with Crippen molar-refractivity contribution in [2.24, 2.45) is 0 Å². The molecule has 0 fully saturated rings. The van der Waals surface area contributed by atoms with Crippen molar-refractivity contribution in [1.82, 2.24) is 0 Å². The standard InChI is InChI=1S/C18H21NO/c1-4-18(2,3)15-9-5-13(6-10-15)17(20)14-7-11-16(19)12-8-14/h5-12H,4,19H2,1-3H3. The van der Waals surface area contributed by atoms with E-state index in [1.165, 1.54) is 5.56 Å². The molecule has 2 N–H and O–H groups in total. The Hall–Kier alpha value is -2.09. The summed E-state index contributed by atoms with van der Waals surface area (Å²) in [5, 5.41) is 0. The molecule has 0 amide bonds. The molecule has 0 atom stereocenters. The molecule has 2 aromatic carbocycles. The molecule has 0 aliphatic rings. The van der Waals surface area contributed by atoms with Gasteiger partial charge in [0.25, 0.3) is 0 Å². The molecule has 0 aliphatic heterocycles. The fourth-order valence-corrected chi connectivity index (χ4v) is 2.08. The fourth-order valence-electron chi connectivity index (χ4n) is 2.08. The van der Waals surface area contributed by atoms with Gasteiger partial charge in [-0.1, -0.05) is 45.0 Å². The molecule has 2 heteroatoms. The van der Waals surface area contributed by atoms with Gasteiger partial charge in [0.2, 0.25) is 0 Å². The summed E-state index contributed by atoms with van der Waals surface area (Å²) in [7, 11) is 0. The smallest absolute Gasteiger partial charge is 0.193 e. The molecule has 20 heavy (non-hydrogen) atoms. The van der Waals surface area contributed by atoms with E-state index < -0.39 is 0 Å². The van der Waals surface area contributed by atoms with E-state index in [-0.39, 0.29) is 11.2 Å². The van der Waals surface area contributed by atoms with Crippen LogP contribution < -0.4 is 5.73 Å². The van der Waals surface area contributed by atoms with Crippen LogP contribution >= 0.6 is 0 Å². The molecule has 2 aromatic rings. The van der Waals surface area contributed by atoms with Crippen molar-refractivity contribution in [3.63, 3.8) is 0 Å². The molecular weight excluding hydrogens is 246 g/mol. The quantitative estimate of drug-likeness (QED) is 0.667. The van der Waals surface area contributed by atoms with E-state index in [4.69, 9.17) is 5.73 Å². The van der Waals surface area contributed by atoms with Gasteiger partial charge in [-0.05, 0) is 41.7 Å². The van der Waals surface area contributed by atoms with E-state index in [9.17, 15) is 4.79 Å². The average molecular weight is 267 g/mol. The highest BCUT2D eigenvalue weighted by atomic mass is 16.1. The zero-order valence-corrected chi connectivity index (χ0v) is 12.3. The van der Waals surface area contributed by atoms with Crippen LogP contribution in [-0.2, 0) is 5.41 Å². The first kappa shape index (κ1) is 14.3. The zero-order valence-electron chi connectivity index (χ0n) is 12.3. The topological polar surface area (TPSA) is 43.1 Å². The molecule has 0 spiro atoms. The maximum absolute atomic E-state index is 12.3. The SMILES string of the molecule is CCC(C)(C)c1ccc(C(=O)c2ccc(N)cc2)cc1. The van der Waals surface area contributed by atoms with E-state index in [0.717, 1.165) is 6.42 Å². The minimum Gasteiger partial charge on any atom is -0.399 e.